The van der Waals surface area contributed by atoms with E-state index < -0.39 is 18.6 Å². The molecule has 8 nitrogen and oxygen atoms in total. The zero-order chi connectivity index (χ0) is 15.7. The highest BCUT2D eigenvalue weighted by Gasteiger charge is 2.02. The van der Waals surface area contributed by atoms with Gasteiger partial charge in [-0.1, -0.05) is 0 Å². The van der Waals surface area contributed by atoms with Crippen molar-refractivity contribution < 1.29 is 24.2 Å². The van der Waals surface area contributed by atoms with E-state index in [0.29, 0.717) is 11.4 Å². The van der Waals surface area contributed by atoms with Crippen LogP contribution in [0.1, 0.15) is 6.92 Å². The van der Waals surface area contributed by atoms with E-state index in [1.807, 2.05) is 0 Å². The van der Waals surface area contributed by atoms with Crippen molar-refractivity contribution >= 4 is 29.3 Å². The number of carbonyl (C=O) groups is 3. The number of hydrogen-bond donors (Lipinski definition) is 4. The zero-order valence-corrected chi connectivity index (χ0v) is 11.5. The highest BCUT2D eigenvalue weighted by molar-refractivity contribution is 5.91. The van der Waals surface area contributed by atoms with Gasteiger partial charge in [0.15, 0.2) is 0 Å². The first kappa shape index (κ1) is 16.4. The van der Waals surface area contributed by atoms with Crippen molar-refractivity contribution in [3.63, 3.8) is 0 Å². The molecule has 1 aromatic rings. The van der Waals surface area contributed by atoms with Gasteiger partial charge in [-0.15, -0.1) is 0 Å². The Hall–Kier alpha value is -2.61. The molecule has 0 heterocycles. The molecule has 0 saturated heterocycles. The highest BCUT2D eigenvalue weighted by atomic mass is 16.5. The van der Waals surface area contributed by atoms with Crippen molar-refractivity contribution in [1.82, 2.24) is 5.32 Å². The third-order valence-corrected chi connectivity index (χ3v) is 2.22. The van der Waals surface area contributed by atoms with Crippen LogP contribution in [0.15, 0.2) is 24.3 Å². The number of nitrogens with one attached hydrogen (secondary N) is 3. The van der Waals surface area contributed by atoms with Crippen molar-refractivity contribution in [3.8, 4) is 0 Å². The van der Waals surface area contributed by atoms with Crippen molar-refractivity contribution in [1.29, 1.82) is 0 Å². The van der Waals surface area contributed by atoms with Crippen LogP contribution in [0.2, 0.25) is 0 Å². The maximum atomic E-state index is 11.5. The van der Waals surface area contributed by atoms with Crippen molar-refractivity contribution in [2.45, 2.75) is 6.92 Å². The summed E-state index contributed by atoms with van der Waals surface area (Å²) in [6, 6.07) is 6.18. The number of carbonyl (C=O) groups excluding carboxylic acids is 2. The minimum Gasteiger partial charge on any atom is -0.480 e. The summed E-state index contributed by atoms with van der Waals surface area (Å²) in [5.41, 5.74) is 1.20. The highest BCUT2D eigenvalue weighted by Crippen LogP contribution is 2.13. The summed E-state index contributed by atoms with van der Waals surface area (Å²) >= 11 is 0. The second kappa shape index (κ2) is 8.54. The van der Waals surface area contributed by atoms with Crippen LogP contribution in [-0.4, -0.2) is 42.8 Å². The largest absolute Gasteiger partial charge is 0.480 e. The molecular formula is C13H17N3O5. The smallest absolute Gasteiger partial charge is 0.329 e. The van der Waals surface area contributed by atoms with Gasteiger partial charge in [-0.3, -0.25) is 4.79 Å². The fourth-order valence-corrected chi connectivity index (χ4v) is 1.41. The number of aliphatic carboxylic acids is 1. The summed E-state index contributed by atoms with van der Waals surface area (Å²) < 4.78 is 4.77. The molecule has 0 aliphatic heterocycles. The number of benzene rings is 1. The van der Waals surface area contributed by atoms with Gasteiger partial charge in [-0.2, -0.15) is 0 Å². The van der Waals surface area contributed by atoms with Gasteiger partial charge in [-0.05, 0) is 24.3 Å². The molecular weight excluding hydrogens is 278 g/mol. The fraction of sp³-hybridized carbons (Fsp3) is 0.308. The van der Waals surface area contributed by atoms with Gasteiger partial charge in [0.1, 0.15) is 6.61 Å². The third kappa shape index (κ3) is 7.53. The lowest BCUT2D eigenvalue weighted by Gasteiger charge is -2.08. The lowest BCUT2D eigenvalue weighted by atomic mass is 10.3. The van der Waals surface area contributed by atoms with Crippen LogP contribution < -0.4 is 16.0 Å². The first-order chi connectivity index (χ1) is 9.97. The predicted octanol–water partition coefficient (Wildman–Crippen LogP) is 0.868. The molecule has 0 atom stereocenters. The Labute approximate surface area is 121 Å². The van der Waals surface area contributed by atoms with Crippen LogP contribution in [0, 0.1) is 0 Å². The van der Waals surface area contributed by atoms with E-state index >= 15 is 0 Å². The molecule has 0 aromatic heterocycles. The standard InChI is InChI=1S/C13H17N3O5/c1-9(17)15-10-2-4-11(5-3-10)16-13(20)14-6-7-21-8-12(18)19/h2-5H,6-8H2,1H3,(H,15,17)(H,18,19)(H2,14,16,20). The molecule has 0 radical (unpaired) electrons. The molecule has 0 fully saturated rings. The second-order valence-electron chi connectivity index (χ2n) is 4.09. The van der Waals surface area contributed by atoms with E-state index in [-0.39, 0.29) is 19.1 Å². The van der Waals surface area contributed by atoms with Crippen LogP contribution in [0.5, 0.6) is 0 Å². The number of anilines is 2. The van der Waals surface area contributed by atoms with Crippen LogP contribution in [0.4, 0.5) is 16.2 Å². The van der Waals surface area contributed by atoms with Gasteiger partial charge in [0.25, 0.3) is 0 Å². The average Bonchev–Trinajstić information content (AvgIpc) is 2.39. The normalized spacial score (nSPS) is 9.76. The van der Waals surface area contributed by atoms with Gasteiger partial charge < -0.3 is 25.8 Å². The molecule has 8 heteroatoms. The van der Waals surface area contributed by atoms with E-state index in [1.165, 1.54) is 6.92 Å². The lowest BCUT2D eigenvalue weighted by Crippen LogP contribution is -2.31. The Bertz CT molecular complexity index is 501. The summed E-state index contributed by atoms with van der Waals surface area (Å²) in [5.74, 6) is -1.23. The fourth-order valence-electron chi connectivity index (χ4n) is 1.41. The Morgan fingerprint density at radius 3 is 2.19 bits per heavy atom. The summed E-state index contributed by atoms with van der Waals surface area (Å²) in [4.78, 5) is 32.5. The van der Waals surface area contributed by atoms with E-state index in [2.05, 4.69) is 16.0 Å². The monoisotopic (exact) mass is 295 g/mol. The minimum atomic E-state index is -1.06. The average molecular weight is 295 g/mol. The van der Waals surface area contributed by atoms with Crippen LogP contribution in [-0.2, 0) is 14.3 Å². The predicted molar refractivity (Wildman–Crippen MR) is 76.2 cm³/mol. The SMILES string of the molecule is CC(=O)Nc1ccc(NC(=O)NCCOCC(=O)O)cc1. The number of rotatable bonds is 7. The molecule has 1 rings (SSSR count). The molecule has 3 amide bonds. The van der Waals surface area contributed by atoms with E-state index in [4.69, 9.17) is 9.84 Å². The molecule has 0 spiro atoms. The van der Waals surface area contributed by atoms with Crippen molar-refractivity contribution in [3.05, 3.63) is 24.3 Å². The number of carboxylic acid groups (broad SMARTS) is 1. The second-order valence-corrected chi connectivity index (χ2v) is 4.09. The maximum absolute atomic E-state index is 11.5. The first-order valence-electron chi connectivity index (χ1n) is 6.19. The molecule has 1 aromatic carbocycles. The van der Waals surface area contributed by atoms with E-state index in [0.717, 1.165) is 0 Å². The number of urea groups is 1. The molecule has 0 saturated carbocycles. The van der Waals surface area contributed by atoms with Crippen molar-refractivity contribution in [2.75, 3.05) is 30.4 Å². The summed E-state index contributed by atoms with van der Waals surface area (Å²) in [5, 5.41) is 16.1. The minimum absolute atomic E-state index is 0.112. The molecule has 4 N–H and O–H groups in total. The summed E-state index contributed by atoms with van der Waals surface area (Å²) in [6.45, 7) is 1.32. The van der Waals surface area contributed by atoms with E-state index in [1.54, 1.807) is 24.3 Å². The van der Waals surface area contributed by atoms with Gasteiger partial charge in [0.2, 0.25) is 5.91 Å². The van der Waals surface area contributed by atoms with Crippen LogP contribution in [0.3, 0.4) is 0 Å². The molecule has 0 aliphatic rings. The number of ether oxygens (including phenoxy) is 1. The third-order valence-electron chi connectivity index (χ3n) is 2.22. The molecule has 21 heavy (non-hydrogen) atoms. The zero-order valence-electron chi connectivity index (χ0n) is 11.5. The molecule has 114 valence electrons. The Kier molecular flexibility index (Phi) is 6.69. The van der Waals surface area contributed by atoms with Gasteiger partial charge in [-0.25, -0.2) is 9.59 Å². The summed E-state index contributed by atoms with van der Waals surface area (Å²) in [6.07, 6.45) is 0. The Morgan fingerprint density at radius 2 is 1.67 bits per heavy atom. The number of carboxylic acids is 1. The topological polar surface area (TPSA) is 117 Å². The van der Waals surface area contributed by atoms with E-state index in [9.17, 15) is 14.4 Å². The number of hydrogen-bond acceptors (Lipinski definition) is 4. The molecule has 0 unspecified atom stereocenters. The van der Waals surface area contributed by atoms with Gasteiger partial charge >= 0.3 is 12.0 Å². The Balaban J connectivity index is 2.27. The number of amides is 3. The lowest BCUT2D eigenvalue weighted by molar-refractivity contribution is -0.142. The molecule has 0 aliphatic carbocycles. The quantitative estimate of drug-likeness (QED) is 0.557. The molecule has 0 bridgehead atoms. The Morgan fingerprint density at radius 1 is 1.10 bits per heavy atom. The van der Waals surface area contributed by atoms with Crippen LogP contribution >= 0.6 is 0 Å². The maximum Gasteiger partial charge on any atom is 0.329 e. The van der Waals surface area contributed by atoms with Gasteiger partial charge in [0, 0.05) is 24.8 Å². The van der Waals surface area contributed by atoms with Crippen molar-refractivity contribution in [2.24, 2.45) is 0 Å². The van der Waals surface area contributed by atoms with Crippen LogP contribution in [0.25, 0.3) is 0 Å². The first-order valence-corrected chi connectivity index (χ1v) is 6.19. The summed E-state index contributed by atoms with van der Waals surface area (Å²) in [7, 11) is 0. The van der Waals surface area contributed by atoms with Gasteiger partial charge in [0.05, 0.1) is 6.61 Å².